The Morgan fingerprint density at radius 2 is 1.44 bits per heavy atom. The lowest BCUT2D eigenvalue weighted by molar-refractivity contribution is 0.0529. The van der Waals surface area contributed by atoms with E-state index in [1.54, 1.807) is 41.7 Å². The van der Waals surface area contributed by atoms with Gasteiger partial charge in [-0.2, -0.15) is 10.2 Å². The van der Waals surface area contributed by atoms with Gasteiger partial charge in [0.2, 0.25) is 0 Å². The lowest BCUT2D eigenvalue weighted by Gasteiger charge is -2.19. The Morgan fingerprint density at radius 3 is 1.92 bits per heavy atom. The molecule has 0 spiro atoms. The maximum Gasteiger partial charge on any atom is 0.407 e. The number of alkyl carbamates (subject to hydrolysis) is 1. The molecule has 0 atom stereocenters. The fraction of sp³-hybridized carbons (Fsp3) is 0.643. The van der Waals surface area contributed by atoms with Crippen molar-refractivity contribution in [3.63, 3.8) is 0 Å². The smallest absolute Gasteiger partial charge is 0.407 e. The third-order valence-corrected chi connectivity index (χ3v) is 3.01. The molecule has 9 nitrogen and oxygen atoms in total. The van der Waals surface area contributed by atoms with Crippen LogP contribution in [0, 0.1) is 0 Å². The Balaban J connectivity index is 4.10. The largest absolute Gasteiger partial charge is 0.444 e. The second-order valence-electron chi connectivity index (χ2n) is 5.88. The molecular weight excluding hydrogens is 362 g/mol. The fourth-order valence-electron chi connectivity index (χ4n) is 1.18. The van der Waals surface area contributed by atoms with Gasteiger partial charge in [-0.05, 0) is 59.1 Å². The normalized spacial score (nSPS) is 12.1. The van der Waals surface area contributed by atoms with E-state index in [2.05, 4.69) is 37.0 Å². The monoisotopic (exact) mass is 389 g/mol. The van der Waals surface area contributed by atoms with Crippen molar-refractivity contribution in [1.82, 2.24) is 26.8 Å². The molecule has 0 rings (SSSR count). The first-order valence-corrected chi connectivity index (χ1v) is 8.44. The molecule has 0 bridgehead atoms. The van der Waals surface area contributed by atoms with Crippen LogP contribution in [-0.2, 0) is 4.74 Å². The summed E-state index contributed by atoms with van der Waals surface area (Å²) in [5, 5.41) is 17.2. The van der Waals surface area contributed by atoms with Gasteiger partial charge in [-0.1, -0.05) is 0 Å². The zero-order chi connectivity index (χ0) is 19.5. The molecule has 0 fully saturated rings. The Kier molecular flexibility index (Phi) is 10.6. The number of hydrogen-bond acceptors (Lipinski definition) is 6. The molecule has 0 unspecified atom stereocenters. The van der Waals surface area contributed by atoms with E-state index >= 15 is 0 Å². The second kappa shape index (κ2) is 11.5. The van der Waals surface area contributed by atoms with Crippen molar-refractivity contribution in [1.29, 1.82) is 0 Å². The predicted molar refractivity (Wildman–Crippen MR) is 109 cm³/mol. The van der Waals surface area contributed by atoms with Crippen LogP contribution in [0.2, 0.25) is 0 Å². The molecule has 0 aromatic carbocycles. The minimum absolute atomic E-state index is 0.330. The number of hydrogen-bond donors (Lipinski definition) is 5. The van der Waals surface area contributed by atoms with Crippen LogP contribution in [0.25, 0.3) is 0 Å². The predicted octanol–water partition coefficient (Wildman–Crippen LogP) is 0.821. The van der Waals surface area contributed by atoms with Gasteiger partial charge in [-0.3, -0.25) is 10.9 Å². The average molecular weight is 390 g/mol. The van der Waals surface area contributed by atoms with Crippen LogP contribution >= 0.6 is 24.4 Å². The Labute approximate surface area is 159 Å². The summed E-state index contributed by atoms with van der Waals surface area (Å²) in [5.74, 6) is 0. The summed E-state index contributed by atoms with van der Waals surface area (Å²) >= 11 is 10.0. The topological polar surface area (TPSA) is 111 Å². The van der Waals surface area contributed by atoms with Crippen LogP contribution in [-0.4, -0.2) is 53.5 Å². The second-order valence-corrected chi connectivity index (χ2v) is 6.70. The molecule has 142 valence electrons. The molecule has 0 heterocycles. The molecule has 25 heavy (non-hydrogen) atoms. The zero-order valence-electron chi connectivity index (χ0n) is 15.4. The van der Waals surface area contributed by atoms with Gasteiger partial charge < -0.3 is 20.7 Å². The summed E-state index contributed by atoms with van der Waals surface area (Å²) in [6.45, 7) is 9.78. The van der Waals surface area contributed by atoms with Crippen LogP contribution in [0.15, 0.2) is 10.2 Å². The van der Waals surface area contributed by atoms with Gasteiger partial charge in [0.05, 0.1) is 11.4 Å². The summed E-state index contributed by atoms with van der Waals surface area (Å²) in [6.07, 6.45) is -0.471. The van der Waals surface area contributed by atoms with Crippen molar-refractivity contribution in [2.75, 3.05) is 20.1 Å². The van der Waals surface area contributed by atoms with Crippen LogP contribution < -0.4 is 26.8 Å². The number of rotatable bonds is 6. The summed E-state index contributed by atoms with van der Waals surface area (Å²) in [5.41, 5.74) is 6.14. The lowest BCUT2D eigenvalue weighted by atomic mass is 10.2. The maximum atomic E-state index is 11.5. The van der Waals surface area contributed by atoms with Crippen molar-refractivity contribution in [3.8, 4) is 0 Å². The van der Waals surface area contributed by atoms with E-state index in [0.717, 1.165) is 0 Å². The quantitative estimate of drug-likeness (QED) is 0.197. The van der Waals surface area contributed by atoms with Gasteiger partial charge in [0.1, 0.15) is 5.60 Å². The number of nitrogens with zero attached hydrogens (tertiary/aromatic N) is 2. The van der Waals surface area contributed by atoms with E-state index in [9.17, 15) is 4.79 Å². The van der Waals surface area contributed by atoms with Crippen molar-refractivity contribution in [3.05, 3.63) is 0 Å². The van der Waals surface area contributed by atoms with Crippen molar-refractivity contribution < 1.29 is 9.53 Å². The molecule has 0 saturated heterocycles. The van der Waals surface area contributed by atoms with Gasteiger partial charge in [0.25, 0.3) is 0 Å². The summed E-state index contributed by atoms with van der Waals surface area (Å²) < 4.78 is 5.12. The summed E-state index contributed by atoms with van der Waals surface area (Å²) in [4.78, 5) is 11.5. The number of amides is 1. The van der Waals surface area contributed by atoms with Crippen molar-refractivity contribution in [2.24, 2.45) is 10.2 Å². The number of ether oxygens (including phenoxy) is 1. The third-order valence-electron chi connectivity index (χ3n) is 2.48. The average Bonchev–Trinajstić information content (AvgIpc) is 2.52. The van der Waals surface area contributed by atoms with Crippen molar-refractivity contribution in [2.45, 2.75) is 40.2 Å². The number of hydrazone groups is 2. The Morgan fingerprint density at radius 1 is 0.960 bits per heavy atom. The molecule has 5 N–H and O–H groups in total. The van der Waals surface area contributed by atoms with E-state index in [1.807, 2.05) is 0 Å². The number of carbonyl (C=O) groups is 1. The van der Waals surface area contributed by atoms with Gasteiger partial charge in [0, 0.05) is 20.1 Å². The number of carbonyl (C=O) groups excluding carboxylic acids is 1. The van der Waals surface area contributed by atoms with Gasteiger partial charge in [0.15, 0.2) is 10.2 Å². The highest BCUT2D eigenvalue weighted by molar-refractivity contribution is 7.80. The zero-order valence-corrected chi connectivity index (χ0v) is 17.1. The first-order valence-electron chi connectivity index (χ1n) is 7.62. The lowest BCUT2D eigenvalue weighted by Crippen LogP contribution is -2.40. The van der Waals surface area contributed by atoms with Crippen LogP contribution in [0.1, 0.15) is 34.6 Å². The van der Waals surface area contributed by atoms with Crippen LogP contribution in [0.5, 0.6) is 0 Å². The van der Waals surface area contributed by atoms with Crippen LogP contribution in [0.3, 0.4) is 0 Å². The van der Waals surface area contributed by atoms with Crippen molar-refractivity contribution >= 4 is 52.2 Å². The van der Waals surface area contributed by atoms with Gasteiger partial charge in [-0.25, -0.2) is 4.79 Å². The SMILES string of the molecule is CNC(=S)N/N=C(C)/C(C)=N\NC(=S)NCCNC(=O)OC(C)(C)C. The van der Waals surface area contributed by atoms with E-state index < -0.39 is 11.7 Å². The molecular formula is C14H27N7O2S2. The summed E-state index contributed by atoms with van der Waals surface area (Å²) in [7, 11) is 1.70. The highest BCUT2D eigenvalue weighted by Crippen LogP contribution is 2.05. The highest BCUT2D eigenvalue weighted by Gasteiger charge is 2.15. The molecule has 0 aliphatic heterocycles. The minimum atomic E-state index is -0.522. The standard InChI is InChI=1S/C14H27N7O2S2/c1-9(18-20-11(24)15-6)10(2)19-21-12(25)16-7-8-17-13(22)23-14(3,4)5/h7-8H2,1-6H3,(H,17,22)(H2,15,20,24)(H2,16,21,25)/b18-9+,19-10-. The number of thiocarbonyl (C=S) groups is 2. The third kappa shape index (κ3) is 13.0. The summed E-state index contributed by atoms with van der Waals surface area (Å²) in [6, 6.07) is 0. The molecule has 0 aromatic heterocycles. The molecule has 0 aliphatic rings. The first kappa shape index (κ1) is 23.0. The number of nitrogens with one attached hydrogen (secondary N) is 5. The first-order chi connectivity index (χ1) is 11.5. The fourth-order valence-corrected chi connectivity index (χ4v) is 1.37. The molecule has 0 radical (unpaired) electrons. The van der Waals surface area contributed by atoms with Crippen LogP contribution in [0.4, 0.5) is 4.79 Å². The molecule has 0 saturated carbocycles. The molecule has 1 amide bonds. The van der Waals surface area contributed by atoms with E-state index in [1.165, 1.54) is 0 Å². The highest BCUT2D eigenvalue weighted by atomic mass is 32.1. The Bertz CT molecular complexity index is 542. The van der Waals surface area contributed by atoms with E-state index in [0.29, 0.717) is 34.7 Å². The maximum absolute atomic E-state index is 11.5. The molecule has 11 heteroatoms. The Hall–Kier alpha value is -2.01. The van der Waals surface area contributed by atoms with Gasteiger partial charge >= 0.3 is 6.09 Å². The van der Waals surface area contributed by atoms with E-state index in [-0.39, 0.29) is 0 Å². The minimum Gasteiger partial charge on any atom is -0.444 e. The molecule has 0 aliphatic carbocycles. The van der Waals surface area contributed by atoms with Gasteiger partial charge in [-0.15, -0.1) is 0 Å². The molecule has 0 aromatic rings. The van der Waals surface area contributed by atoms with E-state index in [4.69, 9.17) is 29.2 Å².